The smallest absolute Gasteiger partial charge is 0.240 e. The number of thiophene rings is 1. The van der Waals surface area contributed by atoms with Crippen LogP contribution in [0.1, 0.15) is 41.8 Å². The molecule has 2 aromatic rings. The van der Waals surface area contributed by atoms with E-state index in [1.54, 1.807) is 11.3 Å². The van der Waals surface area contributed by atoms with Gasteiger partial charge in [-0.25, -0.2) is 4.39 Å². The van der Waals surface area contributed by atoms with Crippen LogP contribution in [0.4, 0.5) is 4.39 Å². The number of aromatic nitrogens is 2. The Labute approximate surface area is 145 Å². The molecular formula is C17H23FN4OS. The van der Waals surface area contributed by atoms with E-state index in [-0.39, 0.29) is 6.04 Å². The van der Waals surface area contributed by atoms with Crippen molar-refractivity contribution in [1.29, 1.82) is 0 Å². The summed E-state index contributed by atoms with van der Waals surface area (Å²) in [4.78, 5) is 10.2. The summed E-state index contributed by atoms with van der Waals surface area (Å²) < 4.78 is 19.3. The Bertz CT molecular complexity index is 657. The summed E-state index contributed by atoms with van der Waals surface area (Å²) in [5, 5.41) is 6.13. The van der Waals surface area contributed by atoms with Gasteiger partial charge in [-0.1, -0.05) is 11.2 Å². The standard InChI is InChI=1S/C17H23FN4OS/c1-21(11-16-19-17(20-23-16)12-4-5-12)9-14-7-13(18)8-22(14)10-15-3-2-6-24-15/h2-3,6,12-14H,4-5,7-11H2,1H3/t13-,14-/m0/s1. The molecule has 0 bridgehead atoms. The molecule has 7 heteroatoms. The molecular weight excluding hydrogens is 327 g/mol. The van der Waals surface area contributed by atoms with Crippen molar-refractivity contribution in [2.45, 2.75) is 50.5 Å². The number of likely N-dealkylation sites (N-methyl/N-ethyl adjacent to an activating group) is 1. The summed E-state index contributed by atoms with van der Waals surface area (Å²) in [6, 6.07) is 4.41. The number of hydrogen-bond acceptors (Lipinski definition) is 6. The minimum atomic E-state index is -0.728. The van der Waals surface area contributed by atoms with Crippen molar-refractivity contribution in [1.82, 2.24) is 19.9 Å². The van der Waals surface area contributed by atoms with E-state index in [4.69, 9.17) is 4.52 Å². The molecule has 5 nitrogen and oxygen atoms in total. The molecule has 0 unspecified atom stereocenters. The Hall–Kier alpha value is -1.31. The monoisotopic (exact) mass is 350 g/mol. The van der Waals surface area contributed by atoms with E-state index in [9.17, 15) is 4.39 Å². The molecule has 2 atom stereocenters. The van der Waals surface area contributed by atoms with Crippen molar-refractivity contribution >= 4 is 11.3 Å². The van der Waals surface area contributed by atoms with Gasteiger partial charge in [0, 0.05) is 36.5 Å². The predicted octanol–water partition coefficient (Wildman–Crippen LogP) is 3.05. The molecule has 1 saturated carbocycles. The second-order valence-electron chi connectivity index (χ2n) is 7.01. The minimum Gasteiger partial charge on any atom is -0.338 e. The molecule has 1 aliphatic heterocycles. The number of likely N-dealkylation sites (tertiary alicyclic amines) is 1. The summed E-state index contributed by atoms with van der Waals surface area (Å²) in [6.07, 6.45) is 2.22. The molecule has 130 valence electrons. The van der Waals surface area contributed by atoms with Gasteiger partial charge in [0.15, 0.2) is 5.82 Å². The fourth-order valence-corrected chi connectivity index (χ4v) is 4.13. The van der Waals surface area contributed by atoms with Gasteiger partial charge >= 0.3 is 0 Å². The Morgan fingerprint density at radius 2 is 2.33 bits per heavy atom. The Morgan fingerprint density at radius 3 is 3.08 bits per heavy atom. The maximum atomic E-state index is 13.9. The zero-order chi connectivity index (χ0) is 16.5. The third kappa shape index (κ3) is 3.84. The molecule has 2 fully saturated rings. The van der Waals surface area contributed by atoms with Crippen LogP contribution in [0.15, 0.2) is 22.0 Å². The molecule has 0 radical (unpaired) electrons. The van der Waals surface area contributed by atoms with Crippen LogP contribution < -0.4 is 0 Å². The predicted molar refractivity (Wildman–Crippen MR) is 90.6 cm³/mol. The zero-order valence-electron chi connectivity index (χ0n) is 13.9. The van der Waals surface area contributed by atoms with Crippen molar-refractivity contribution in [2.75, 3.05) is 20.1 Å². The van der Waals surface area contributed by atoms with Gasteiger partial charge in [-0.05, 0) is 37.8 Å². The van der Waals surface area contributed by atoms with Gasteiger partial charge in [0.25, 0.3) is 0 Å². The lowest BCUT2D eigenvalue weighted by Gasteiger charge is -2.27. The van der Waals surface area contributed by atoms with E-state index in [0.717, 1.165) is 18.9 Å². The molecule has 0 spiro atoms. The van der Waals surface area contributed by atoms with Gasteiger partial charge in [-0.3, -0.25) is 9.80 Å². The number of rotatable bonds is 7. The van der Waals surface area contributed by atoms with Crippen molar-refractivity contribution in [3.05, 3.63) is 34.1 Å². The van der Waals surface area contributed by atoms with Gasteiger partial charge in [-0.15, -0.1) is 11.3 Å². The third-order valence-electron chi connectivity index (χ3n) is 4.77. The molecule has 2 aliphatic rings. The first-order chi connectivity index (χ1) is 11.7. The summed E-state index contributed by atoms with van der Waals surface area (Å²) in [6.45, 7) is 2.80. The lowest BCUT2D eigenvalue weighted by molar-refractivity contribution is 0.171. The highest BCUT2D eigenvalue weighted by Crippen LogP contribution is 2.38. The van der Waals surface area contributed by atoms with Crippen LogP contribution in [-0.4, -0.2) is 52.3 Å². The fourth-order valence-electron chi connectivity index (χ4n) is 3.40. The van der Waals surface area contributed by atoms with E-state index in [1.165, 1.54) is 17.7 Å². The highest BCUT2D eigenvalue weighted by Gasteiger charge is 2.33. The summed E-state index contributed by atoms with van der Waals surface area (Å²) in [7, 11) is 2.04. The first-order valence-corrected chi connectivity index (χ1v) is 9.47. The van der Waals surface area contributed by atoms with Crippen LogP contribution in [-0.2, 0) is 13.1 Å². The van der Waals surface area contributed by atoms with Crippen molar-refractivity contribution in [2.24, 2.45) is 0 Å². The van der Waals surface area contributed by atoms with Crippen LogP contribution >= 0.6 is 11.3 Å². The van der Waals surface area contributed by atoms with Crippen LogP contribution in [0, 0.1) is 0 Å². The highest BCUT2D eigenvalue weighted by molar-refractivity contribution is 7.09. The summed E-state index contributed by atoms with van der Waals surface area (Å²) >= 11 is 1.73. The van der Waals surface area contributed by atoms with Gasteiger partial charge in [0.2, 0.25) is 5.89 Å². The minimum absolute atomic E-state index is 0.234. The molecule has 4 rings (SSSR count). The second-order valence-corrected chi connectivity index (χ2v) is 8.05. The first kappa shape index (κ1) is 16.2. The SMILES string of the molecule is CN(Cc1nc(C2CC2)no1)C[C@@H]1C[C@H](F)CN1Cc1cccs1. The molecule has 0 N–H and O–H groups in total. The molecule has 2 aromatic heterocycles. The maximum absolute atomic E-state index is 13.9. The molecule has 3 heterocycles. The normalized spacial score (nSPS) is 25.0. The molecule has 0 aromatic carbocycles. The van der Waals surface area contributed by atoms with Gasteiger partial charge in [0.05, 0.1) is 6.54 Å². The van der Waals surface area contributed by atoms with E-state index in [0.29, 0.717) is 31.3 Å². The fraction of sp³-hybridized carbons (Fsp3) is 0.647. The lowest BCUT2D eigenvalue weighted by Crippen LogP contribution is -2.38. The Morgan fingerprint density at radius 1 is 1.46 bits per heavy atom. The van der Waals surface area contributed by atoms with Gasteiger partial charge in [0.1, 0.15) is 6.17 Å². The van der Waals surface area contributed by atoms with E-state index in [1.807, 2.05) is 7.05 Å². The van der Waals surface area contributed by atoms with Crippen LogP contribution in [0.2, 0.25) is 0 Å². The number of nitrogens with zero attached hydrogens (tertiary/aromatic N) is 4. The third-order valence-corrected chi connectivity index (χ3v) is 5.63. The van der Waals surface area contributed by atoms with Crippen LogP contribution in [0.25, 0.3) is 0 Å². The quantitative estimate of drug-likeness (QED) is 0.768. The number of hydrogen-bond donors (Lipinski definition) is 0. The molecule has 1 aliphatic carbocycles. The van der Waals surface area contributed by atoms with E-state index in [2.05, 4.69) is 37.5 Å². The van der Waals surface area contributed by atoms with Crippen LogP contribution in [0.5, 0.6) is 0 Å². The second kappa shape index (κ2) is 6.90. The zero-order valence-corrected chi connectivity index (χ0v) is 14.7. The average Bonchev–Trinajstić information content (AvgIpc) is 2.93. The average molecular weight is 350 g/mol. The molecule has 0 amide bonds. The van der Waals surface area contributed by atoms with Crippen molar-refractivity contribution in [3.8, 4) is 0 Å². The Balaban J connectivity index is 1.33. The summed E-state index contributed by atoms with van der Waals surface area (Å²) in [5.74, 6) is 2.03. The number of halogens is 1. The lowest BCUT2D eigenvalue weighted by atomic mass is 10.2. The first-order valence-electron chi connectivity index (χ1n) is 8.59. The topological polar surface area (TPSA) is 45.4 Å². The van der Waals surface area contributed by atoms with E-state index >= 15 is 0 Å². The van der Waals surface area contributed by atoms with Crippen molar-refractivity contribution in [3.63, 3.8) is 0 Å². The Kier molecular flexibility index (Phi) is 4.65. The maximum Gasteiger partial charge on any atom is 0.240 e. The highest BCUT2D eigenvalue weighted by atomic mass is 32.1. The largest absolute Gasteiger partial charge is 0.338 e. The molecule has 1 saturated heterocycles. The molecule has 24 heavy (non-hydrogen) atoms. The summed E-state index contributed by atoms with van der Waals surface area (Å²) in [5.41, 5.74) is 0. The van der Waals surface area contributed by atoms with Crippen LogP contribution in [0.3, 0.4) is 0 Å². The number of alkyl halides is 1. The van der Waals surface area contributed by atoms with Gasteiger partial charge in [-0.2, -0.15) is 4.98 Å². The van der Waals surface area contributed by atoms with E-state index < -0.39 is 6.17 Å². The van der Waals surface area contributed by atoms with Crippen molar-refractivity contribution < 1.29 is 8.91 Å². The van der Waals surface area contributed by atoms with Gasteiger partial charge < -0.3 is 4.52 Å².